The lowest BCUT2D eigenvalue weighted by atomic mass is 10.2. The normalized spacial score (nSPS) is 14.7. The van der Waals surface area contributed by atoms with Crippen LogP contribution >= 0.6 is 12.6 Å². The van der Waals surface area contributed by atoms with Crippen LogP contribution in [0, 0.1) is 0 Å². The highest BCUT2D eigenvalue weighted by molar-refractivity contribution is 7.80. The summed E-state index contributed by atoms with van der Waals surface area (Å²) >= 11 is 3.79. The van der Waals surface area contributed by atoms with Gasteiger partial charge in [0.25, 0.3) is 0 Å². The van der Waals surface area contributed by atoms with Gasteiger partial charge in [-0.15, -0.1) is 0 Å². The molecule has 76 valence electrons. The molecule has 0 fully saturated rings. The Morgan fingerprint density at radius 2 is 2.15 bits per heavy atom. The highest BCUT2D eigenvalue weighted by atomic mass is 32.1. The number of carbonyl (C=O) groups excluding carboxylic acids is 1. The molecule has 0 aliphatic heterocycles. The van der Waals surface area contributed by atoms with E-state index in [-0.39, 0.29) is 5.75 Å². The van der Waals surface area contributed by atoms with Crippen LogP contribution in [0.1, 0.15) is 13.3 Å². The number of nitrogens with two attached hydrogens (primary N) is 1. The maximum atomic E-state index is 11.1. The molecular formula is C7H14N2O3S. The third-order valence-electron chi connectivity index (χ3n) is 1.57. The minimum absolute atomic E-state index is 0.0531. The van der Waals surface area contributed by atoms with Crippen molar-refractivity contribution in [3.63, 3.8) is 0 Å². The number of rotatable bonds is 5. The lowest BCUT2D eigenvalue weighted by Crippen LogP contribution is -2.49. The molecule has 1 amide bonds. The van der Waals surface area contributed by atoms with Crippen molar-refractivity contribution in [2.45, 2.75) is 25.4 Å². The average Bonchev–Trinajstić information content (AvgIpc) is 2.11. The number of hydrogen-bond donors (Lipinski definition) is 4. The Kier molecular flexibility index (Phi) is 5.48. The van der Waals surface area contributed by atoms with Gasteiger partial charge < -0.3 is 16.2 Å². The molecule has 0 rings (SSSR count). The van der Waals surface area contributed by atoms with Gasteiger partial charge >= 0.3 is 5.97 Å². The van der Waals surface area contributed by atoms with Crippen LogP contribution in [0.25, 0.3) is 0 Å². The van der Waals surface area contributed by atoms with Crippen LogP contribution in [0.5, 0.6) is 0 Å². The van der Waals surface area contributed by atoms with Crippen LogP contribution in [0.3, 0.4) is 0 Å². The first-order valence-electron chi connectivity index (χ1n) is 3.92. The third-order valence-corrected chi connectivity index (χ3v) is 1.94. The quantitative estimate of drug-likeness (QED) is 0.444. The molecule has 0 aromatic rings. The summed E-state index contributed by atoms with van der Waals surface area (Å²) < 4.78 is 0. The smallest absolute Gasteiger partial charge is 0.327 e. The Balaban J connectivity index is 4.09. The van der Waals surface area contributed by atoms with Crippen molar-refractivity contribution in [3.05, 3.63) is 0 Å². The van der Waals surface area contributed by atoms with Gasteiger partial charge in [0.15, 0.2) is 0 Å². The van der Waals surface area contributed by atoms with Gasteiger partial charge in [-0.05, 0) is 6.42 Å². The van der Waals surface area contributed by atoms with Crippen LogP contribution in [-0.2, 0) is 9.59 Å². The second-order valence-corrected chi connectivity index (χ2v) is 2.96. The first kappa shape index (κ1) is 12.2. The van der Waals surface area contributed by atoms with Crippen molar-refractivity contribution in [2.24, 2.45) is 5.73 Å². The molecule has 2 atom stereocenters. The highest BCUT2D eigenvalue weighted by Crippen LogP contribution is 1.92. The first-order chi connectivity index (χ1) is 6.02. The summed E-state index contributed by atoms with van der Waals surface area (Å²) in [6.45, 7) is 1.75. The maximum Gasteiger partial charge on any atom is 0.327 e. The first-order valence-corrected chi connectivity index (χ1v) is 4.55. The van der Waals surface area contributed by atoms with E-state index in [0.29, 0.717) is 6.42 Å². The summed E-state index contributed by atoms with van der Waals surface area (Å²) in [5.74, 6) is -1.51. The molecule has 6 heteroatoms. The van der Waals surface area contributed by atoms with E-state index in [2.05, 4.69) is 17.9 Å². The van der Waals surface area contributed by atoms with E-state index in [9.17, 15) is 9.59 Å². The van der Waals surface area contributed by atoms with Gasteiger partial charge in [-0.25, -0.2) is 4.79 Å². The second-order valence-electron chi connectivity index (χ2n) is 2.60. The minimum Gasteiger partial charge on any atom is -0.480 e. The van der Waals surface area contributed by atoms with Crippen LogP contribution in [0.4, 0.5) is 0 Å². The zero-order valence-electron chi connectivity index (χ0n) is 7.36. The number of hydrogen-bond acceptors (Lipinski definition) is 4. The Morgan fingerprint density at radius 3 is 2.46 bits per heavy atom. The molecule has 0 aliphatic rings. The molecule has 0 heterocycles. The number of thiol groups is 1. The van der Waals surface area contributed by atoms with E-state index < -0.39 is 24.0 Å². The highest BCUT2D eigenvalue weighted by Gasteiger charge is 2.20. The lowest BCUT2D eigenvalue weighted by molar-refractivity contribution is -0.141. The van der Waals surface area contributed by atoms with Crippen molar-refractivity contribution in [1.82, 2.24) is 5.32 Å². The zero-order valence-corrected chi connectivity index (χ0v) is 8.25. The van der Waals surface area contributed by atoms with Crippen molar-refractivity contribution < 1.29 is 14.7 Å². The SMILES string of the molecule is CCC(N)C(=O)NC(CS)C(=O)O. The summed E-state index contributed by atoms with van der Waals surface area (Å²) in [5.41, 5.74) is 5.39. The average molecular weight is 206 g/mol. The standard InChI is InChI=1S/C7H14N2O3S/c1-2-4(8)6(10)9-5(3-13)7(11)12/h4-5,13H,2-3,8H2,1H3,(H,9,10)(H,11,12). The Labute approximate surface area is 82.1 Å². The van der Waals surface area contributed by atoms with Gasteiger partial charge in [-0.3, -0.25) is 4.79 Å². The Morgan fingerprint density at radius 1 is 1.62 bits per heavy atom. The van der Waals surface area contributed by atoms with Crippen LogP contribution in [0.2, 0.25) is 0 Å². The molecule has 13 heavy (non-hydrogen) atoms. The van der Waals surface area contributed by atoms with E-state index in [0.717, 1.165) is 0 Å². The van der Waals surface area contributed by atoms with Crippen LogP contribution in [-0.4, -0.2) is 34.8 Å². The molecular weight excluding hydrogens is 192 g/mol. The minimum atomic E-state index is -1.10. The van der Waals surface area contributed by atoms with E-state index >= 15 is 0 Å². The lowest BCUT2D eigenvalue weighted by Gasteiger charge is -2.14. The molecule has 0 saturated carbocycles. The molecule has 0 spiro atoms. The molecule has 5 nitrogen and oxygen atoms in total. The van der Waals surface area contributed by atoms with Crippen molar-refractivity contribution >= 4 is 24.5 Å². The van der Waals surface area contributed by atoms with Crippen molar-refractivity contribution in [2.75, 3.05) is 5.75 Å². The third kappa shape index (κ3) is 4.14. The summed E-state index contributed by atoms with van der Waals surface area (Å²) in [4.78, 5) is 21.6. The monoisotopic (exact) mass is 206 g/mol. The summed E-state index contributed by atoms with van der Waals surface area (Å²) in [6.07, 6.45) is 0.477. The van der Waals surface area contributed by atoms with E-state index in [1.165, 1.54) is 0 Å². The summed E-state index contributed by atoms with van der Waals surface area (Å²) in [7, 11) is 0. The van der Waals surface area contributed by atoms with E-state index in [4.69, 9.17) is 10.8 Å². The topological polar surface area (TPSA) is 92.4 Å². The molecule has 0 aromatic carbocycles. The van der Waals surface area contributed by atoms with Crippen molar-refractivity contribution in [1.29, 1.82) is 0 Å². The fourth-order valence-corrected chi connectivity index (χ4v) is 0.897. The van der Waals surface area contributed by atoms with E-state index in [1.807, 2.05) is 0 Å². The predicted octanol–water partition coefficient (Wildman–Crippen LogP) is -0.777. The number of nitrogens with one attached hydrogen (secondary N) is 1. The molecule has 0 saturated heterocycles. The molecule has 4 N–H and O–H groups in total. The molecule has 0 aromatic heterocycles. The number of aliphatic carboxylic acids is 1. The summed E-state index contributed by atoms with van der Waals surface area (Å²) in [5, 5.41) is 10.8. The number of carbonyl (C=O) groups is 2. The molecule has 0 radical (unpaired) electrons. The Hall–Kier alpha value is -0.750. The second kappa shape index (κ2) is 5.82. The number of carboxylic acids is 1. The molecule has 2 unspecified atom stereocenters. The predicted molar refractivity (Wildman–Crippen MR) is 51.7 cm³/mol. The van der Waals surface area contributed by atoms with Gasteiger partial charge in [0, 0.05) is 5.75 Å². The van der Waals surface area contributed by atoms with Gasteiger partial charge in [0.2, 0.25) is 5.91 Å². The van der Waals surface area contributed by atoms with Gasteiger partial charge in [-0.1, -0.05) is 6.92 Å². The largest absolute Gasteiger partial charge is 0.480 e. The number of carboxylic acid groups (broad SMARTS) is 1. The fraction of sp³-hybridized carbons (Fsp3) is 0.714. The van der Waals surface area contributed by atoms with E-state index in [1.54, 1.807) is 6.92 Å². The van der Waals surface area contributed by atoms with Gasteiger partial charge in [-0.2, -0.15) is 12.6 Å². The fourth-order valence-electron chi connectivity index (χ4n) is 0.650. The van der Waals surface area contributed by atoms with Gasteiger partial charge in [0.05, 0.1) is 6.04 Å². The zero-order chi connectivity index (χ0) is 10.4. The number of amides is 1. The van der Waals surface area contributed by atoms with Crippen LogP contribution < -0.4 is 11.1 Å². The summed E-state index contributed by atoms with van der Waals surface area (Å²) in [6, 6.07) is -1.62. The molecule has 0 bridgehead atoms. The molecule has 0 aliphatic carbocycles. The van der Waals surface area contributed by atoms with Crippen molar-refractivity contribution in [3.8, 4) is 0 Å². The van der Waals surface area contributed by atoms with Crippen LogP contribution in [0.15, 0.2) is 0 Å². The van der Waals surface area contributed by atoms with Gasteiger partial charge in [0.1, 0.15) is 6.04 Å². The Bertz CT molecular complexity index is 198. The maximum absolute atomic E-state index is 11.1.